The van der Waals surface area contributed by atoms with Crippen molar-refractivity contribution in [3.05, 3.63) is 29.6 Å². The molecule has 1 N–H and O–H groups in total. The minimum absolute atomic E-state index is 0.00102. The molecule has 0 fully saturated rings. The Bertz CT molecular complexity index is 444. The maximum absolute atomic E-state index is 12.9. The number of nitrogens with zero attached hydrogens (tertiary/aromatic N) is 1. The van der Waals surface area contributed by atoms with E-state index < -0.39 is 17.5 Å². The molecular formula is C10H8FNO3. The van der Waals surface area contributed by atoms with Crippen molar-refractivity contribution in [1.29, 1.82) is 0 Å². The highest BCUT2D eigenvalue weighted by Gasteiger charge is 2.35. The van der Waals surface area contributed by atoms with Crippen LogP contribution in [0.1, 0.15) is 10.4 Å². The summed E-state index contributed by atoms with van der Waals surface area (Å²) < 4.78 is 12.9. The van der Waals surface area contributed by atoms with E-state index in [2.05, 4.69) is 0 Å². The number of aliphatic hydroxyl groups excluding tert-OH is 1. The number of β-amino-alcohol motifs (C(OH)–C–C–N with tert-alkyl or cyclic N) is 1. The number of carbonyl (C=O) groups excluding carboxylic acids is 2. The van der Waals surface area contributed by atoms with Crippen LogP contribution < -0.4 is 4.90 Å². The lowest BCUT2D eigenvalue weighted by atomic mass is 10.1. The van der Waals surface area contributed by atoms with E-state index in [0.717, 1.165) is 17.0 Å². The van der Waals surface area contributed by atoms with Gasteiger partial charge in [0.05, 0.1) is 17.9 Å². The Morgan fingerprint density at radius 3 is 2.73 bits per heavy atom. The zero-order chi connectivity index (χ0) is 11.0. The Labute approximate surface area is 84.9 Å². The molecule has 1 aliphatic rings. The second-order valence-corrected chi connectivity index (χ2v) is 3.17. The van der Waals surface area contributed by atoms with Crippen LogP contribution in [0.2, 0.25) is 0 Å². The third-order valence-corrected chi connectivity index (χ3v) is 2.26. The smallest absolute Gasteiger partial charge is 0.299 e. The van der Waals surface area contributed by atoms with Crippen molar-refractivity contribution in [3.63, 3.8) is 0 Å². The minimum atomic E-state index is -0.718. The molecule has 1 aliphatic heterocycles. The number of anilines is 1. The Kier molecular flexibility index (Phi) is 2.24. The Balaban J connectivity index is 2.51. The summed E-state index contributed by atoms with van der Waals surface area (Å²) in [6.45, 7) is -0.268. The fourth-order valence-corrected chi connectivity index (χ4v) is 1.59. The lowest BCUT2D eigenvalue weighted by molar-refractivity contribution is -0.114. The van der Waals surface area contributed by atoms with Gasteiger partial charge in [-0.05, 0) is 18.2 Å². The minimum Gasteiger partial charge on any atom is -0.395 e. The molecule has 78 valence electrons. The van der Waals surface area contributed by atoms with Crippen molar-refractivity contribution in [3.8, 4) is 0 Å². The first-order valence-corrected chi connectivity index (χ1v) is 4.41. The highest BCUT2D eigenvalue weighted by molar-refractivity contribution is 6.52. The predicted molar refractivity (Wildman–Crippen MR) is 50.2 cm³/mol. The van der Waals surface area contributed by atoms with Crippen molar-refractivity contribution in [2.75, 3.05) is 18.1 Å². The molecule has 5 heteroatoms. The summed E-state index contributed by atoms with van der Waals surface area (Å²) in [5.74, 6) is -1.89. The van der Waals surface area contributed by atoms with Crippen LogP contribution in [-0.4, -0.2) is 29.9 Å². The van der Waals surface area contributed by atoms with E-state index >= 15 is 0 Å². The van der Waals surface area contributed by atoms with Crippen LogP contribution in [0, 0.1) is 5.82 Å². The van der Waals surface area contributed by atoms with E-state index in [1.807, 2.05) is 0 Å². The third-order valence-electron chi connectivity index (χ3n) is 2.26. The number of hydrogen-bond donors (Lipinski definition) is 1. The molecule has 0 aromatic heterocycles. The molecule has 0 atom stereocenters. The summed E-state index contributed by atoms with van der Waals surface area (Å²) in [5.41, 5.74) is 0.425. The third kappa shape index (κ3) is 1.41. The van der Waals surface area contributed by atoms with Crippen molar-refractivity contribution >= 4 is 17.4 Å². The number of aliphatic hydroxyl groups is 1. The molecule has 1 aromatic carbocycles. The van der Waals surface area contributed by atoms with Crippen molar-refractivity contribution in [2.45, 2.75) is 0 Å². The van der Waals surface area contributed by atoms with Crippen LogP contribution in [0.15, 0.2) is 18.2 Å². The lowest BCUT2D eigenvalue weighted by Gasteiger charge is -2.14. The SMILES string of the molecule is O=C1C(=O)N(CCO)c2cc(F)ccc21. The monoisotopic (exact) mass is 209 g/mol. The summed E-state index contributed by atoms with van der Waals surface area (Å²) in [6, 6.07) is 3.53. The number of amides is 1. The molecule has 0 spiro atoms. The van der Waals surface area contributed by atoms with Crippen LogP contribution in [0.4, 0.5) is 10.1 Å². The predicted octanol–water partition coefficient (Wildman–Crippen LogP) is 0.347. The molecule has 0 saturated heterocycles. The Morgan fingerprint density at radius 1 is 1.33 bits per heavy atom. The number of Topliss-reactive ketones (excluding diaryl/α,β-unsaturated/α-hetero) is 1. The van der Waals surface area contributed by atoms with E-state index in [1.54, 1.807) is 0 Å². The molecule has 1 amide bonds. The van der Waals surface area contributed by atoms with Crippen LogP contribution in [0.3, 0.4) is 0 Å². The van der Waals surface area contributed by atoms with Crippen LogP contribution in [-0.2, 0) is 4.79 Å². The molecule has 0 aliphatic carbocycles. The molecule has 1 heterocycles. The average molecular weight is 209 g/mol. The summed E-state index contributed by atoms with van der Waals surface area (Å²) in [5, 5.41) is 8.73. The number of fused-ring (bicyclic) bond motifs is 1. The van der Waals surface area contributed by atoms with Gasteiger partial charge in [0.1, 0.15) is 5.82 Å². The van der Waals surface area contributed by atoms with Gasteiger partial charge < -0.3 is 10.0 Å². The topological polar surface area (TPSA) is 57.6 Å². The molecule has 2 rings (SSSR count). The second-order valence-electron chi connectivity index (χ2n) is 3.17. The van der Waals surface area contributed by atoms with Crippen LogP contribution >= 0.6 is 0 Å². The van der Waals surface area contributed by atoms with Gasteiger partial charge >= 0.3 is 0 Å². The van der Waals surface area contributed by atoms with Gasteiger partial charge in [-0.15, -0.1) is 0 Å². The van der Waals surface area contributed by atoms with Gasteiger partial charge in [-0.1, -0.05) is 0 Å². The number of halogens is 1. The molecular weight excluding hydrogens is 201 g/mol. The molecule has 4 nitrogen and oxygen atoms in total. The zero-order valence-corrected chi connectivity index (χ0v) is 7.74. The van der Waals surface area contributed by atoms with Gasteiger partial charge in [0.25, 0.3) is 11.7 Å². The van der Waals surface area contributed by atoms with E-state index in [9.17, 15) is 14.0 Å². The molecule has 15 heavy (non-hydrogen) atoms. The average Bonchev–Trinajstić information content (AvgIpc) is 2.44. The van der Waals surface area contributed by atoms with Gasteiger partial charge in [-0.3, -0.25) is 9.59 Å². The first-order chi connectivity index (χ1) is 7.15. The van der Waals surface area contributed by atoms with Gasteiger partial charge in [0, 0.05) is 6.54 Å². The normalized spacial score (nSPS) is 14.7. The number of hydrogen-bond acceptors (Lipinski definition) is 3. The van der Waals surface area contributed by atoms with Crippen molar-refractivity contribution in [1.82, 2.24) is 0 Å². The number of carbonyl (C=O) groups is 2. The van der Waals surface area contributed by atoms with Crippen molar-refractivity contribution < 1.29 is 19.1 Å². The summed E-state index contributed by atoms with van der Waals surface area (Å²) in [6.07, 6.45) is 0. The van der Waals surface area contributed by atoms with E-state index in [4.69, 9.17) is 5.11 Å². The number of rotatable bonds is 2. The van der Waals surface area contributed by atoms with Crippen LogP contribution in [0.25, 0.3) is 0 Å². The Hall–Kier alpha value is -1.75. The fourth-order valence-electron chi connectivity index (χ4n) is 1.59. The highest BCUT2D eigenvalue weighted by Crippen LogP contribution is 2.29. The zero-order valence-electron chi connectivity index (χ0n) is 7.74. The molecule has 1 aromatic rings. The van der Waals surface area contributed by atoms with E-state index in [0.29, 0.717) is 0 Å². The van der Waals surface area contributed by atoms with E-state index in [-0.39, 0.29) is 24.4 Å². The summed E-state index contributed by atoms with van der Waals surface area (Å²) in [7, 11) is 0. The highest BCUT2D eigenvalue weighted by atomic mass is 19.1. The molecule has 0 radical (unpaired) electrons. The second kappa shape index (κ2) is 3.43. The van der Waals surface area contributed by atoms with Crippen molar-refractivity contribution in [2.24, 2.45) is 0 Å². The Morgan fingerprint density at radius 2 is 2.07 bits per heavy atom. The van der Waals surface area contributed by atoms with Gasteiger partial charge in [-0.2, -0.15) is 0 Å². The van der Waals surface area contributed by atoms with Crippen LogP contribution in [0.5, 0.6) is 0 Å². The van der Waals surface area contributed by atoms with Gasteiger partial charge in [0.2, 0.25) is 0 Å². The number of benzene rings is 1. The first-order valence-electron chi connectivity index (χ1n) is 4.41. The maximum atomic E-state index is 12.9. The molecule has 0 bridgehead atoms. The maximum Gasteiger partial charge on any atom is 0.299 e. The lowest BCUT2D eigenvalue weighted by Crippen LogP contribution is -2.32. The first kappa shape index (κ1) is 9.79. The van der Waals surface area contributed by atoms with Gasteiger partial charge in [0.15, 0.2) is 0 Å². The standard InChI is InChI=1S/C10H8FNO3/c11-6-1-2-7-8(5-6)12(3-4-13)10(15)9(7)14/h1-2,5,13H,3-4H2. The summed E-state index contributed by atoms with van der Waals surface area (Å²) >= 11 is 0. The molecule has 0 saturated carbocycles. The van der Waals surface area contributed by atoms with Gasteiger partial charge in [-0.25, -0.2) is 4.39 Å². The van der Waals surface area contributed by atoms with E-state index in [1.165, 1.54) is 6.07 Å². The largest absolute Gasteiger partial charge is 0.395 e. The fraction of sp³-hybridized carbons (Fsp3) is 0.200. The summed E-state index contributed by atoms with van der Waals surface area (Å²) in [4.78, 5) is 23.9. The molecule has 0 unspecified atom stereocenters. The quantitative estimate of drug-likeness (QED) is 0.715. The number of ketones is 1.